The highest BCUT2D eigenvalue weighted by Crippen LogP contribution is 2.39. The van der Waals surface area contributed by atoms with E-state index in [0.717, 1.165) is 0 Å². The minimum atomic E-state index is 0.0267. The van der Waals surface area contributed by atoms with Crippen molar-refractivity contribution in [2.45, 2.75) is 38.1 Å². The van der Waals surface area contributed by atoms with Gasteiger partial charge in [-0.2, -0.15) is 0 Å². The van der Waals surface area contributed by atoms with Crippen molar-refractivity contribution in [1.82, 2.24) is 0 Å². The van der Waals surface area contributed by atoms with Crippen molar-refractivity contribution >= 4 is 11.3 Å². The van der Waals surface area contributed by atoms with Crippen molar-refractivity contribution < 1.29 is 0 Å². The predicted molar refractivity (Wildman–Crippen MR) is 53.4 cm³/mol. The molecule has 0 saturated heterocycles. The first-order chi connectivity index (χ1) is 5.71. The van der Waals surface area contributed by atoms with E-state index in [1.54, 1.807) is 0 Å². The van der Waals surface area contributed by atoms with E-state index in [2.05, 4.69) is 19.1 Å². The minimum absolute atomic E-state index is 0.0267. The molecule has 2 heteroatoms. The predicted octanol–water partition coefficient (Wildman–Crippen LogP) is 2.78. The van der Waals surface area contributed by atoms with Crippen LogP contribution in [0.2, 0.25) is 0 Å². The summed E-state index contributed by atoms with van der Waals surface area (Å²) in [4.78, 5) is 2.76. The molecule has 1 aromatic heterocycles. The van der Waals surface area contributed by atoms with E-state index in [4.69, 9.17) is 5.73 Å². The van der Waals surface area contributed by atoms with Gasteiger partial charge in [0, 0.05) is 9.75 Å². The standard InChI is InChI=1S/C10H15NS/c1-8-4-5-9(12-8)10(11)6-2-3-7-10/h4-5H,2-3,6-7,11H2,1H3. The van der Waals surface area contributed by atoms with Gasteiger partial charge in [0.25, 0.3) is 0 Å². The third-order valence-electron chi connectivity index (χ3n) is 2.73. The van der Waals surface area contributed by atoms with Gasteiger partial charge in [-0.1, -0.05) is 12.8 Å². The minimum Gasteiger partial charge on any atom is -0.321 e. The van der Waals surface area contributed by atoms with Gasteiger partial charge in [-0.15, -0.1) is 11.3 Å². The largest absolute Gasteiger partial charge is 0.321 e. The van der Waals surface area contributed by atoms with E-state index >= 15 is 0 Å². The Bertz CT molecular complexity index is 271. The van der Waals surface area contributed by atoms with Gasteiger partial charge in [-0.25, -0.2) is 0 Å². The second-order valence-corrected chi connectivity index (χ2v) is 5.06. The van der Waals surface area contributed by atoms with Gasteiger partial charge in [0.1, 0.15) is 0 Å². The lowest BCUT2D eigenvalue weighted by Gasteiger charge is -2.21. The van der Waals surface area contributed by atoms with Crippen LogP contribution in [0.4, 0.5) is 0 Å². The Kier molecular flexibility index (Phi) is 1.97. The molecule has 1 aliphatic rings. The molecular formula is C10H15NS. The third kappa shape index (κ3) is 1.29. The fourth-order valence-electron chi connectivity index (χ4n) is 1.95. The summed E-state index contributed by atoms with van der Waals surface area (Å²) in [5.74, 6) is 0. The Hall–Kier alpha value is -0.340. The van der Waals surface area contributed by atoms with Crippen LogP contribution in [0.5, 0.6) is 0 Å². The molecule has 0 amide bonds. The zero-order chi connectivity index (χ0) is 8.60. The quantitative estimate of drug-likeness (QED) is 0.708. The number of hydrogen-bond donors (Lipinski definition) is 1. The fourth-order valence-corrected chi connectivity index (χ4v) is 2.98. The molecule has 0 unspecified atom stereocenters. The highest BCUT2D eigenvalue weighted by atomic mass is 32.1. The maximum absolute atomic E-state index is 6.30. The molecule has 66 valence electrons. The van der Waals surface area contributed by atoms with Crippen molar-refractivity contribution in [2.75, 3.05) is 0 Å². The molecule has 0 aliphatic heterocycles. The molecule has 1 aliphatic carbocycles. The number of aryl methyl sites for hydroxylation is 1. The fraction of sp³-hybridized carbons (Fsp3) is 0.600. The first-order valence-electron chi connectivity index (χ1n) is 4.56. The molecule has 1 heterocycles. The highest BCUT2D eigenvalue weighted by Gasteiger charge is 2.32. The van der Waals surface area contributed by atoms with Crippen molar-refractivity contribution in [2.24, 2.45) is 5.73 Å². The topological polar surface area (TPSA) is 26.0 Å². The van der Waals surface area contributed by atoms with Crippen LogP contribution in [-0.2, 0) is 5.54 Å². The van der Waals surface area contributed by atoms with E-state index in [-0.39, 0.29) is 5.54 Å². The summed E-state index contributed by atoms with van der Waals surface area (Å²) in [6.45, 7) is 2.15. The zero-order valence-corrected chi connectivity index (χ0v) is 8.29. The first kappa shape index (κ1) is 8.27. The lowest BCUT2D eigenvalue weighted by Crippen LogP contribution is -2.31. The number of thiophene rings is 1. The Morgan fingerprint density at radius 1 is 1.33 bits per heavy atom. The number of rotatable bonds is 1. The third-order valence-corrected chi connectivity index (χ3v) is 3.95. The number of nitrogens with two attached hydrogens (primary N) is 1. The molecule has 2 N–H and O–H groups in total. The van der Waals surface area contributed by atoms with E-state index in [1.807, 2.05) is 11.3 Å². The van der Waals surface area contributed by atoms with Crippen LogP contribution in [-0.4, -0.2) is 0 Å². The Morgan fingerprint density at radius 2 is 2.00 bits per heavy atom. The first-order valence-corrected chi connectivity index (χ1v) is 5.38. The molecule has 0 radical (unpaired) electrons. The summed E-state index contributed by atoms with van der Waals surface area (Å²) in [7, 11) is 0. The van der Waals surface area contributed by atoms with Crippen molar-refractivity contribution in [3.8, 4) is 0 Å². The van der Waals surface area contributed by atoms with Gasteiger partial charge in [-0.3, -0.25) is 0 Å². The molecule has 0 aromatic carbocycles. The van der Waals surface area contributed by atoms with Gasteiger partial charge in [0.05, 0.1) is 5.54 Å². The van der Waals surface area contributed by atoms with Crippen molar-refractivity contribution in [1.29, 1.82) is 0 Å². The smallest absolute Gasteiger partial charge is 0.0503 e. The Balaban J connectivity index is 2.28. The second-order valence-electron chi connectivity index (χ2n) is 3.77. The van der Waals surface area contributed by atoms with Crippen molar-refractivity contribution in [3.05, 3.63) is 21.9 Å². The summed E-state index contributed by atoms with van der Waals surface area (Å²) in [6.07, 6.45) is 4.95. The van der Waals surface area contributed by atoms with Crippen LogP contribution in [0, 0.1) is 6.92 Å². The van der Waals surface area contributed by atoms with Crippen LogP contribution < -0.4 is 5.73 Å². The van der Waals surface area contributed by atoms with Crippen molar-refractivity contribution in [3.63, 3.8) is 0 Å². The second kappa shape index (κ2) is 2.86. The number of hydrogen-bond acceptors (Lipinski definition) is 2. The lowest BCUT2D eigenvalue weighted by molar-refractivity contribution is 0.472. The molecule has 12 heavy (non-hydrogen) atoms. The van der Waals surface area contributed by atoms with Gasteiger partial charge in [0.2, 0.25) is 0 Å². The van der Waals surface area contributed by atoms with E-state index in [0.29, 0.717) is 0 Å². The van der Waals surface area contributed by atoms with Gasteiger partial charge in [-0.05, 0) is 31.9 Å². The van der Waals surface area contributed by atoms with Crippen LogP contribution in [0.25, 0.3) is 0 Å². The summed E-state index contributed by atoms with van der Waals surface area (Å²) >= 11 is 1.86. The van der Waals surface area contributed by atoms with Crippen LogP contribution >= 0.6 is 11.3 Å². The summed E-state index contributed by atoms with van der Waals surface area (Å²) in [5, 5.41) is 0. The monoisotopic (exact) mass is 181 g/mol. The van der Waals surface area contributed by atoms with E-state index in [1.165, 1.54) is 35.4 Å². The molecule has 1 saturated carbocycles. The molecule has 1 aromatic rings. The Labute approximate surface area is 77.6 Å². The van der Waals surface area contributed by atoms with Gasteiger partial charge in [0.15, 0.2) is 0 Å². The summed E-state index contributed by atoms with van der Waals surface area (Å²) < 4.78 is 0. The summed E-state index contributed by atoms with van der Waals surface area (Å²) in [6, 6.07) is 4.37. The molecule has 0 atom stereocenters. The summed E-state index contributed by atoms with van der Waals surface area (Å²) in [5.41, 5.74) is 6.33. The highest BCUT2D eigenvalue weighted by molar-refractivity contribution is 7.12. The maximum Gasteiger partial charge on any atom is 0.0503 e. The average Bonchev–Trinajstić information content (AvgIpc) is 2.59. The van der Waals surface area contributed by atoms with Crippen LogP contribution in [0.1, 0.15) is 35.4 Å². The maximum atomic E-state index is 6.30. The van der Waals surface area contributed by atoms with Gasteiger partial charge >= 0.3 is 0 Å². The SMILES string of the molecule is Cc1ccc(C2(N)CCCC2)s1. The van der Waals surface area contributed by atoms with E-state index in [9.17, 15) is 0 Å². The van der Waals surface area contributed by atoms with Crippen LogP contribution in [0.15, 0.2) is 12.1 Å². The average molecular weight is 181 g/mol. The Morgan fingerprint density at radius 3 is 2.50 bits per heavy atom. The lowest BCUT2D eigenvalue weighted by atomic mass is 9.97. The van der Waals surface area contributed by atoms with Crippen LogP contribution in [0.3, 0.4) is 0 Å². The molecule has 1 nitrogen and oxygen atoms in total. The van der Waals surface area contributed by atoms with Gasteiger partial charge < -0.3 is 5.73 Å². The zero-order valence-electron chi connectivity index (χ0n) is 7.47. The molecular weight excluding hydrogens is 166 g/mol. The van der Waals surface area contributed by atoms with E-state index < -0.39 is 0 Å². The normalized spacial score (nSPS) is 21.5. The molecule has 1 fully saturated rings. The molecule has 2 rings (SSSR count). The molecule has 0 spiro atoms. The molecule has 0 bridgehead atoms.